The van der Waals surface area contributed by atoms with Gasteiger partial charge in [-0.25, -0.2) is 10.00 Å². The predicted molar refractivity (Wildman–Crippen MR) is 205 cm³/mol. The summed E-state index contributed by atoms with van der Waals surface area (Å²) in [4.78, 5) is 48.7. The van der Waals surface area contributed by atoms with E-state index in [0.717, 1.165) is 66.7 Å². The number of tetrazole rings is 1. The highest BCUT2D eigenvalue weighted by Crippen LogP contribution is 2.32. The second kappa shape index (κ2) is 19.3. The van der Waals surface area contributed by atoms with Gasteiger partial charge in [-0.05, 0) is 135 Å². The molecule has 5 rings (SSSR count). The Hall–Kier alpha value is -4.56. The Morgan fingerprint density at radius 2 is 1.65 bits per heavy atom. The Labute approximate surface area is 311 Å². The molecular weight excluding hydrogens is 680 g/mol. The number of hydrogen-bond acceptors (Lipinski definition) is 10. The molecule has 14 heteroatoms. The third-order valence-electron chi connectivity index (χ3n) is 9.93. The van der Waals surface area contributed by atoms with Crippen molar-refractivity contribution in [3.63, 3.8) is 0 Å². The number of rotatable bonds is 15. The van der Waals surface area contributed by atoms with Gasteiger partial charge >= 0.3 is 0 Å². The SMILES string of the molecule is CCN(CC)CCCNC(=O)c1cc(C)c(-c2ccc(C[C@H](N)C(=O)N(c3ccc(-c4nnn[nH]4)cc3)C(=O)[C@H]3CC[C@H](CN)CC3)cc2)cn1.Cl. The molecule has 0 saturated heterocycles. The van der Waals surface area contributed by atoms with Crippen molar-refractivity contribution in [1.82, 2.24) is 35.8 Å². The van der Waals surface area contributed by atoms with Crippen LogP contribution in [0.15, 0.2) is 60.8 Å². The van der Waals surface area contributed by atoms with E-state index in [9.17, 15) is 14.4 Å². The van der Waals surface area contributed by atoms with Gasteiger partial charge in [-0.15, -0.1) is 17.5 Å². The van der Waals surface area contributed by atoms with Gasteiger partial charge in [0, 0.05) is 29.8 Å². The van der Waals surface area contributed by atoms with E-state index >= 15 is 0 Å². The standard InChI is InChI=1S/C38H50N10O3.ClH/c1-4-47(5-2)20-6-19-41-36(49)34-21-25(3)32(24-42-34)28-11-7-26(8-12-28)22-33(40)38(51)48(37(50)30-13-9-27(23-39)10-14-30)31-17-15-29(16-18-31)35-43-45-46-44-35;/h7-8,11-12,15-18,21,24,27,30,33H,4-6,9-10,13-14,19-20,22-23,39-40H2,1-3H3,(H,41,49)(H,43,44,45,46);1H/t27-,30-,33-;/m0./s1. The summed E-state index contributed by atoms with van der Waals surface area (Å²) in [5.74, 6) is -0.287. The predicted octanol–water partition coefficient (Wildman–Crippen LogP) is 4.32. The minimum Gasteiger partial charge on any atom is -0.351 e. The van der Waals surface area contributed by atoms with Crippen molar-refractivity contribution >= 4 is 35.8 Å². The number of aromatic amines is 1. The van der Waals surface area contributed by atoms with Crippen LogP contribution in [0.4, 0.5) is 5.69 Å². The molecule has 0 radical (unpaired) electrons. The first kappa shape index (κ1) is 40.2. The number of anilines is 1. The van der Waals surface area contributed by atoms with E-state index < -0.39 is 11.9 Å². The zero-order valence-corrected chi connectivity index (χ0v) is 31.1. The van der Waals surface area contributed by atoms with Gasteiger partial charge < -0.3 is 21.7 Å². The number of carbonyl (C=O) groups is 3. The van der Waals surface area contributed by atoms with Crippen molar-refractivity contribution in [2.24, 2.45) is 23.3 Å². The van der Waals surface area contributed by atoms with E-state index in [1.54, 1.807) is 36.5 Å². The van der Waals surface area contributed by atoms with E-state index in [-0.39, 0.29) is 36.6 Å². The molecule has 1 aliphatic carbocycles. The summed E-state index contributed by atoms with van der Waals surface area (Å²) in [5, 5.41) is 16.9. The molecule has 13 nitrogen and oxygen atoms in total. The van der Waals surface area contributed by atoms with Crippen molar-refractivity contribution in [1.29, 1.82) is 0 Å². The smallest absolute Gasteiger partial charge is 0.269 e. The molecule has 2 aromatic heterocycles. The van der Waals surface area contributed by atoms with Gasteiger partial charge in [-0.3, -0.25) is 19.4 Å². The zero-order valence-electron chi connectivity index (χ0n) is 30.3. The van der Waals surface area contributed by atoms with Crippen LogP contribution in [-0.2, 0) is 16.0 Å². The van der Waals surface area contributed by atoms with Gasteiger partial charge in [0.05, 0.1) is 11.7 Å². The summed E-state index contributed by atoms with van der Waals surface area (Å²) in [7, 11) is 0. The van der Waals surface area contributed by atoms with Crippen molar-refractivity contribution in [3.05, 3.63) is 77.6 Å². The van der Waals surface area contributed by atoms with E-state index in [0.29, 0.717) is 49.1 Å². The first-order chi connectivity index (χ1) is 24.7. The van der Waals surface area contributed by atoms with Gasteiger partial charge in [0.1, 0.15) is 5.69 Å². The number of pyridine rings is 1. The van der Waals surface area contributed by atoms with Gasteiger partial charge in [-0.1, -0.05) is 38.1 Å². The van der Waals surface area contributed by atoms with Crippen LogP contribution in [0.1, 0.15) is 67.6 Å². The summed E-state index contributed by atoms with van der Waals surface area (Å²) < 4.78 is 0. The fourth-order valence-electron chi connectivity index (χ4n) is 6.69. The number of halogens is 1. The van der Waals surface area contributed by atoms with Crippen LogP contribution >= 0.6 is 12.4 Å². The van der Waals surface area contributed by atoms with E-state index in [2.05, 4.69) is 49.7 Å². The van der Waals surface area contributed by atoms with Gasteiger partial charge in [0.25, 0.3) is 11.8 Å². The molecule has 52 heavy (non-hydrogen) atoms. The van der Waals surface area contributed by atoms with Crippen LogP contribution in [0, 0.1) is 18.8 Å². The normalized spacial score (nSPS) is 16.2. The average Bonchev–Trinajstić information content (AvgIpc) is 3.71. The fourth-order valence-corrected chi connectivity index (χ4v) is 6.69. The van der Waals surface area contributed by atoms with Crippen molar-refractivity contribution < 1.29 is 14.4 Å². The molecule has 1 saturated carbocycles. The van der Waals surface area contributed by atoms with Crippen LogP contribution in [0.25, 0.3) is 22.5 Å². The second-order valence-corrected chi connectivity index (χ2v) is 13.3. The summed E-state index contributed by atoms with van der Waals surface area (Å²) >= 11 is 0. The number of nitrogens with one attached hydrogen (secondary N) is 2. The highest BCUT2D eigenvalue weighted by Gasteiger charge is 2.35. The second-order valence-electron chi connectivity index (χ2n) is 13.3. The Kier molecular flexibility index (Phi) is 14.9. The number of benzene rings is 2. The highest BCUT2D eigenvalue weighted by molar-refractivity contribution is 6.17. The maximum Gasteiger partial charge on any atom is 0.269 e. The molecule has 1 atom stereocenters. The monoisotopic (exact) mass is 730 g/mol. The minimum atomic E-state index is -0.952. The number of aryl methyl sites for hydroxylation is 1. The van der Waals surface area contributed by atoms with Crippen LogP contribution < -0.4 is 21.7 Å². The molecule has 0 spiro atoms. The third kappa shape index (κ3) is 10.1. The maximum absolute atomic E-state index is 14.0. The number of nitrogens with two attached hydrogens (primary N) is 2. The molecule has 4 aromatic rings. The van der Waals surface area contributed by atoms with E-state index in [4.69, 9.17) is 11.5 Å². The number of imide groups is 1. The lowest BCUT2D eigenvalue weighted by atomic mass is 9.81. The molecule has 2 aromatic carbocycles. The third-order valence-corrected chi connectivity index (χ3v) is 9.93. The minimum absolute atomic E-state index is 0. The number of amides is 3. The molecule has 1 aliphatic rings. The van der Waals surface area contributed by atoms with Crippen LogP contribution in [-0.4, -0.2) is 87.0 Å². The number of carbonyl (C=O) groups excluding carboxylic acids is 3. The Bertz CT molecular complexity index is 1740. The summed E-state index contributed by atoms with van der Waals surface area (Å²) in [5.41, 5.74) is 17.6. The summed E-state index contributed by atoms with van der Waals surface area (Å²) in [6.45, 7) is 10.4. The lowest BCUT2D eigenvalue weighted by molar-refractivity contribution is -0.130. The van der Waals surface area contributed by atoms with Crippen LogP contribution in [0.5, 0.6) is 0 Å². The lowest BCUT2D eigenvalue weighted by Gasteiger charge is -2.32. The molecule has 0 unspecified atom stereocenters. The van der Waals surface area contributed by atoms with Crippen molar-refractivity contribution in [2.75, 3.05) is 37.6 Å². The largest absolute Gasteiger partial charge is 0.351 e. The maximum atomic E-state index is 14.0. The van der Waals surface area contributed by atoms with Gasteiger partial charge in [-0.2, -0.15) is 0 Å². The van der Waals surface area contributed by atoms with Crippen molar-refractivity contribution in [2.45, 2.75) is 65.3 Å². The number of aromatic nitrogens is 5. The quantitative estimate of drug-likeness (QED) is 0.128. The molecule has 2 heterocycles. The van der Waals surface area contributed by atoms with Gasteiger partial charge in [0.15, 0.2) is 5.82 Å². The summed E-state index contributed by atoms with van der Waals surface area (Å²) in [6.07, 6.45) is 5.92. The van der Waals surface area contributed by atoms with Gasteiger partial charge in [0.2, 0.25) is 5.91 Å². The Balaban J connectivity index is 0.00000605. The molecule has 6 N–H and O–H groups in total. The zero-order chi connectivity index (χ0) is 36.3. The molecular formula is C38H51ClN10O3. The Morgan fingerprint density at radius 3 is 2.25 bits per heavy atom. The molecule has 3 amide bonds. The number of nitrogens with zero attached hydrogens (tertiary/aromatic N) is 6. The van der Waals surface area contributed by atoms with Crippen LogP contribution in [0.3, 0.4) is 0 Å². The molecule has 0 bridgehead atoms. The first-order valence-corrected chi connectivity index (χ1v) is 18.0. The van der Waals surface area contributed by atoms with Crippen LogP contribution in [0.2, 0.25) is 0 Å². The lowest BCUT2D eigenvalue weighted by Crippen LogP contribution is -2.50. The number of H-pyrrole nitrogens is 1. The Morgan fingerprint density at radius 1 is 0.981 bits per heavy atom. The molecule has 0 aliphatic heterocycles. The molecule has 278 valence electrons. The topological polar surface area (TPSA) is 189 Å². The first-order valence-electron chi connectivity index (χ1n) is 18.0. The molecule has 1 fully saturated rings. The summed E-state index contributed by atoms with van der Waals surface area (Å²) in [6, 6.07) is 15.6. The fraction of sp³-hybridized carbons (Fsp3) is 0.447. The average molecular weight is 731 g/mol. The van der Waals surface area contributed by atoms with E-state index in [1.165, 1.54) is 4.90 Å². The van der Waals surface area contributed by atoms with Crippen molar-refractivity contribution in [3.8, 4) is 22.5 Å². The van der Waals surface area contributed by atoms with E-state index in [1.807, 2.05) is 31.2 Å². The highest BCUT2D eigenvalue weighted by atomic mass is 35.5. The number of hydrogen-bond donors (Lipinski definition) is 4.